The topological polar surface area (TPSA) is 3.24 Å². The first-order valence-electron chi connectivity index (χ1n) is 8.09. The predicted molar refractivity (Wildman–Crippen MR) is 91.8 cm³/mol. The molecule has 21 heavy (non-hydrogen) atoms. The monoisotopic (exact) mass is 281 g/mol. The van der Waals surface area contributed by atoms with Gasteiger partial charge in [0.1, 0.15) is 0 Å². The molecule has 0 N–H and O–H groups in total. The SMILES string of the molecule is CCCN(CCc1ccccc1)CCc1ccc(C)cc1. The lowest BCUT2D eigenvalue weighted by Gasteiger charge is -2.21. The summed E-state index contributed by atoms with van der Waals surface area (Å²) in [5, 5.41) is 0. The Morgan fingerprint density at radius 3 is 1.86 bits per heavy atom. The van der Waals surface area contributed by atoms with Gasteiger partial charge in [-0.25, -0.2) is 0 Å². The van der Waals surface area contributed by atoms with Crippen LogP contribution in [0.1, 0.15) is 30.0 Å². The molecule has 0 aliphatic carbocycles. The van der Waals surface area contributed by atoms with Gasteiger partial charge in [0.15, 0.2) is 0 Å². The Balaban J connectivity index is 1.82. The van der Waals surface area contributed by atoms with Gasteiger partial charge >= 0.3 is 0 Å². The fourth-order valence-corrected chi connectivity index (χ4v) is 2.63. The first kappa shape index (κ1) is 15.8. The molecule has 0 bridgehead atoms. The number of aryl methyl sites for hydroxylation is 1. The van der Waals surface area contributed by atoms with Crippen molar-refractivity contribution in [2.24, 2.45) is 0 Å². The third-order valence-corrected chi connectivity index (χ3v) is 3.94. The van der Waals surface area contributed by atoms with Crippen LogP contribution in [0.15, 0.2) is 54.6 Å². The van der Waals surface area contributed by atoms with Crippen molar-refractivity contribution >= 4 is 0 Å². The second kappa shape index (κ2) is 8.63. The van der Waals surface area contributed by atoms with E-state index in [9.17, 15) is 0 Å². The van der Waals surface area contributed by atoms with Crippen molar-refractivity contribution in [1.29, 1.82) is 0 Å². The van der Waals surface area contributed by atoms with E-state index in [-0.39, 0.29) is 0 Å². The van der Waals surface area contributed by atoms with Crippen LogP contribution in [0.25, 0.3) is 0 Å². The zero-order valence-electron chi connectivity index (χ0n) is 13.4. The van der Waals surface area contributed by atoms with Crippen molar-refractivity contribution in [3.63, 3.8) is 0 Å². The highest BCUT2D eigenvalue weighted by atomic mass is 15.1. The van der Waals surface area contributed by atoms with Gasteiger partial charge in [0.2, 0.25) is 0 Å². The molecule has 2 rings (SSSR count). The van der Waals surface area contributed by atoms with E-state index in [1.807, 2.05) is 0 Å². The third kappa shape index (κ3) is 5.73. The molecule has 1 heteroatoms. The summed E-state index contributed by atoms with van der Waals surface area (Å²) in [6, 6.07) is 19.7. The molecule has 0 heterocycles. The minimum Gasteiger partial charge on any atom is -0.303 e. The summed E-state index contributed by atoms with van der Waals surface area (Å²) in [6.45, 7) is 7.92. The van der Waals surface area contributed by atoms with Gasteiger partial charge in [0.25, 0.3) is 0 Å². The summed E-state index contributed by atoms with van der Waals surface area (Å²) in [4.78, 5) is 2.59. The molecule has 0 amide bonds. The van der Waals surface area contributed by atoms with Gasteiger partial charge in [-0.1, -0.05) is 67.1 Å². The number of hydrogen-bond donors (Lipinski definition) is 0. The molecule has 112 valence electrons. The highest BCUT2D eigenvalue weighted by molar-refractivity contribution is 5.21. The zero-order valence-corrected chi connectivity index (χ0v) is 13.4. The maximum Gasteiger partial charge on any atom is 0.00219 e. The summed E-state index contributed by atoms with van der Waals surface area (Å²) < 4.78 is 0. The van der Waals surface area contributed by atoms with Gasteiger partial charge in [-0.15, -0.1) is 0 Å². The lowest BCUT2D eigenvalue weighted by atomic mass is 10.1. The Morgan fingerprint density at radius 2 is 1.29 bits per heavy atom. The van der Waals surface area contributed by atoms with E-state index < -0.39 is 0 Å². The predicted octanol–water partition coefficient (Wildman–Crippen LogP) is 4.49. The van der Waals surface area contributed by atoms with Gasteiger partial charge in [-0.3, -0.25) is 0 Å². The summed E-state index contributed by atoms with van der Waals surface area (Å²) in [6.07, 6.45) is 3.52. The van der Waals surface area contributed by atoms with Crippen molar-refractivity contribution in [2.45, 2.75) is 33.1 Å². The van der Waals surface area contributed by atoms with E-state index >= 15 is 0 Å². The maximum atomic E-state index is 2.59. The van der Waals surface area contributed by atoms with Crippen molar-refractivity contribution in [2.75, 3.05) is 19.6 Å². The van der Waals surface area contributed by atoms with Crippen LogP contribution < -0.4 is 0 Å². The highest BCUT2D eigenvalue weighted by Crippen LogP contribution is 2.07. The Hall–Kier alpha value is -1.60. The van der Waals surface area contributed by atoms with Crippen LogP contribution >= 0.6 is 0 Å². The zero-order chi connectivity index (χ0) is 14.9. The molecule has 0 atom stereocenters. The van der Waals surface area contributed by atoms with E-state index in [2.05, 4.69) is 73.3 Å². The molecular formula is C20H27N. The average Bonchev–Trinajstić information content (AvgIpc) is 2.52. The van der Waals surface area contributed by atoms with Crippen molar-refractivity contribution in [3.8, 4) is 0 Å². The van der Waals surface area contributed by atoms with Crippen LogP contribution in [0, 0.1) is 6.92 Å². The molecule has 1 nitrogen and oxygen atoms in total. The number of nitrogens with zero attached hydrogens (tertiary/aromatic N) is 1. The lowest BCUT2D eigenvalue weighted by Crippen LogP contribution is -2.29. The Bertz CT molecular complexity index is 501. The van der Waals surface area contributed by atoms with Gasteiger partial charge in [0.05, 0.1) is 0 Å². The molecule has 0 saturated heterocycles. The normalized spacial score (nSPS) is 11.0. The van der Waals surface area contributed by atoms with E-state index in [4.69, 9.17) is 0 Å². The van der Waals surface area contributed by atoms with Gasteiger partial charge in [-0.05, 0) is 43.9 Å². The third-order valence-electron chi connectivity index (χ3n) is 3.94. The molecule has 2 aromatic carbocycles. The summed E-state index contributed by atoms with van der Waals surface area (Å²) in [7, 11) is 0. The largest absolute Gasteiger partial charge is 0.303 e. The van der Waals surface area contributed by atoms with Crippen LogP contribution in [0.5, 0.6) is 0 Å². The Kier molecular flexibility index (Phi) is 6.49. The minimum absolute atomic E-state index is 1.15. The fraction of sp³-hybridized carbons (Fsp3) is 0.400. The van der Waals surface area contributed by atoms with Crippen molar-refractivity contribution < 1.29 is 0 Å². The standard InChI is InChI=1S/C20H27N/c1-3-15-21(16-13-19-7-5-4-6-8-19)17-14-20-11-9-18(2)10-12-20/h4-12H,3,13-17H2,1-2H3. The van der Waals surface area contributed by atoms with Crippen LogP contribution in [0.2, 0.25) is 0 Å². The fourth-order valence-electron chi connectivity index (χ4n) is 2.63. The van der Waals surface area contributed by atoms with Crippen LogP contribution in [0.4, 0.5) is 0 Å². The van der Waals surface area contributed by atoms with E-state index in [0.29, 0.717) is 0 Å². The maximum absolute atomic E-state index is 2.59. The molecule has 0 aliphatic rings. The quantitative estimate of drug-likeness (QED) is 0.689. The molecule has 0 aromatic heterocycles. The lowest BCUT2D eigenvalue weighted by molar-refractivity contribution is 0.281. The molecule has 0 aliphatic heterocycles. The number of benzene rings is 2. The molecule has 0 spiro atoms. The summed E-state index contributed by atoms with van der Waals surface area (Å²) >= 11 is 0. The smallest absolute Gasteiger partial charge is 0.00219 e. The number of rotatable bonds is 8. The first-order valence-corrected chi connectivity index (χ1v) is 8.09. The second-order valence-corrected chi connectivity index (χ2v) is 5.81. The Morgan fingerprint density at radius 1 is 0.714 bits per heavy atom. The van der Waals surface area contributed by atoms with Crippen LogP contribution in [0.3, 0.4) is 0 Å². The molecular weight excluding hydrogens is 254 g/mol. The van der Waals surface area contributed by atoms with Crippen molar-refractivity contribution in [3.05, 3.63) is 71.3 Å². The summed E-state index contributed by atoms with van der Waals surface area (Å²) in [5.41, 5.74) is 4.23. The van der Waals surface area contributed by atoms with Gasteiger partial charge in [-0.2, -0.15) is 0 Å². The average molecular weight is 281 g/mol. The first-order chi connectivity index (χ1) is 10.3. The van der Waals surface area contributed by atoms with E-state index in [0.717, 1.165) is 25.9 Å². The highest BCUT2D eigenvalue weighted by Gasteiger charge is 2.05. The Labute approximate surface area is 129 Å². The molecule has 2 aromatic rings. The number of hydrogen-bond acceptors (Lipinski definition) is 1. The minimum atomic E-state index is 1.15. The summed E-state index contributed by atoms with van der Waals surface area (Å²) in [5.74, 6) is 0. The van der Waals surface area contributed by atoms with Crippen LogP contribution in [-0.2, 0) is 12.8 Å². The molecule has 0 unspecified atom stereocenters. The second-order valence-electron chi connectivity index (χ2n) is 5.81. The van der Waals surface area contributed by atoms with Crippen LogP contribution in [-0.4, -0.2) is 24.5 Å². The van der Waals surface area contributed by atoms with E-state index in [1.54, 1.807) is 0 Å². The van der Waals surface area contributed by atoms with Gasteiger partial charge < -0.3 is 4.90 Å². The van der Waals surface area contributed by atoms with Crippen molar-refractivity contribution in [1.82, 2.24) is 4.90 Å². The molecule has 0 fully saturated rings. The van der Waals surface area contributed by atoms with Gasteiger partial charge in [0, 0.05) is 13.1 Å². The van der Waals surface area contributed by atoms with E-state index in [1.165, 1.54) is 29.7 Å². The molecule has 0 saturated carbocycles. The molecule has 0 radical (unpaired) electrons.